The number of sulfonamides is 1. The third-order valence-electron chi connectivity index (χ3n) is 5.97. The number of carbonyl (C=O) groups excluding carboxylic acids is 1. The van der Waals surface area contributed by atoms with Crippen molar-refractivity contribution in [3.63, 3.8) is 0 Å². The average Bonchev–Trinajstić information content (AvgIpc) is 2.80. The quantitative estimate of drug-likeness (QED) is 0.415. The molecule has 0 aliphatic carbocycles. The molecule has 1 aliphatic rings. The Morgan fingerprint density at radius 2 is 1.89 bits per heavy atom. The van der Waals surface area contributed by atoms with E-state index in [-0.39, 0.29) is 24.3 Å². The van der Waals surface area contributed by atoms with E-state index in [1.165, 1.54) is 19.2 Å². The molecule has 38 heavy (non-hydrogen) atoms. The van der Waals surface area contributed by atoms with Gasteiger partial charge in [0.1, 0.15) is 5.82 Å². The molecule has 9 nitrogen and oxygen atoms in total. The van der Waals surface area contributed by atoms with E-state index in [1.54, 1.807) is 32.9 Å². The van der Waals surface area contributed by atoms with Gasteiger partial charge in [-0.2, -0.15) is 0 Å². The number of aromatic nitrogens is 2. The summed E-state index contributed by atoms with van der Waals surface area (Å²) in [6, 6.07) is 5.83. The maximum Gasteiger partial charge on any atom is 0.308 e. The van der Waals surface area contributed by atoms with E-state index in [0.717, 1.165) is 10.6 Å². The molecule has 3 rings (SSSR count). The van der Waals surface area contributed by atoms with E-state index >= 15 is 0 Å². The molecule has 2 aromatic rings. The monoisotopic (exact) mass is 549 g/mol. The van der Waals surface area contributed by atoms with Crippen LogP contribution < -0.4 is 4.31 Å². The number of hydrogen-bond acceptors (Lipinski definition) is 8. The molecular formula is C27H36FN3O6S. The Morgan fingerprint density at radius 1 is 1.24 bits per heavy atom. The van der Waals surface area contributed by atoms with Crippen LogP contribution in [0.5, 0.6) is 0 Å². The second-order valence-electron chi connectivity index (χ2n) is 9.96. The number of halogens is 1. The van der Waals surface area contributed by atoms with Crippen LogP contribution in [0.1, 0.15) is 64.6 Å². The lowest BCUT2D eigenvalue weighted by Gasteiger charge is -2.39. The fraction of sp³-hybridized carbons (Fsp3) is 0.519. The molecule has 1 saturated heterocycles. The molecule has 1 aliphatic heterocycles. The first-order valence-corrected chi connectivity index (χ1v) is 14.4. The summed E-state index contributed by atoms with van der Waals surface area (Å²) in [5, 5.41) is 0. The van der Waals surface area contributed by atoms with Crippen molar-refractivity contribution in [3.8, 4) is 11.3 Å². The van der Waals surface area contributed by atoms with Gasteiger partial charge in [0, 0.05) is 24.6 Å². The van der Waals surface area contributed by atoms with Crippen LogP contribution in [0.25, 0.3) is 17.3 Å². The van der Waals surface area contributed by atoms with Crippen LogP contribution in [0.15, 0.2) is 30.3 Å². The molecule has 208 valence electrons. The molecule has 1 fully saturated rings. The lowest BCUT2D eigenvalue weighted by molar-refractivity contribution is -0.290. The van der Waals surface area contributed by atoms with Gasteiger partial charge in [0.25, 0.3) is 0 Å². The van der Waals surface area contributed by atoms with Crippen molar-refractivity contribution in [3.05, 3.63) is 47.4 Å². The molecular weight excluding hydrogens is 513 g/mol. The summed E-state index contributed by atoms with van der Waals surface area (Å²) in [5.41, 5.74) is 2.34. The Balaban J connectivity index is 2.08. The molecule has 0 radical (unpaired) electrons. The van der Waals surface area contributed by atoms with Crippen molar-refractivity contribution in [1.82, 2.24) is 9.97 Å². The molecule has 2 heterocycles. The number of carbonyl (C=O) groups is 1. The van der Waals surface area contributed by atoms with E-state index < -0.39 is 33.8 Å². The Morgan fingerprint density at radius 3 is 2.47 bits per heavy atom. The highest BCUT2D eigenvalue weighted by molar-refractivity contribution is 7.92. The van der Waals surface area contributed by atoms with Gasteiger partial charge in [-0.15, -0.1) is 0 Å². The highest BCUT2D eigenvalue weighted by Crippen LogP contribution is 2.34. The van der Waals surface area contributed by atoms with E-state index in [9.17, 15) is 17.6 Å². The molecule has 0 spiro atoms. The van der Waals surface area contributed by atoms with Crippen molar-refractivity contribution in [2.75, 3.05) is 24.2 Å². The highest BCUT2D eigenvalue weighted by atomic mass is 32.2. The molecule has 11 heteroatoms. The fourth-order valence-electron chi connectivity index (χ4n) is 4.20. The van der Waals surface area contributed by atoms with Crippen molar-refractivity contribution in [1.29, 1.82) is 0 Å². The van der Waals surface area contributed by atoms with E-state index in [2.05, 4.69) is 9.97 Å². The maximum absolute atomic E-state index is 13.7. The van der Waals surface area contributed by atoms with Crippen molar-refractivity contribution in [2.45, 2.75) is 71.4 Å². The number of rotatable bonds is 9. The maximum atomic E-state index is 13.7. The molecule has 0 amide bonds. The van der Waals surface area contributed by atoms with Crippen LogP contribution in [-0.4, -0.2) is 62.3 Å². The zero-order valence-electron chi connectivity index (χ0n) is 22.9. The first-order chi connectivity index (χ1) is 17.7. The van der Waals surface area contributed by atoms with Gasteiger partial charge in [0.15, 0.2) is 5.79 Å². The predicted octanol–water partition coefficient (Wildman–Crippen LogP) is 4.68. The largest absolute Gasteiger partial charge is 0.466 e. The summed E-state index contributed by atoms with van der Waals surface area (Å²) in [5.74, 6) is -1.73. The van der Waals surface area contributed by atoms with Gasteiger partial charge in [-0.05, 0) is 51.0 Å². The fourth-order valence-corrected chi connectivity index (χ4v) is 4.58. The van der Waals surface area contributed by atoms with Gasteiger partial charge in [-0.3, -0.25) is 4.79 Å². The SMILES string of the molecule is CCOC(=O)C[C@H]1C[C@@H](C=Cc2c(-c3ccc(F)cc3)nc(N(C)S(C)(=O)=O)nc2C(C)C)OC(C)(C)O1. The first-order valence-electron chi connectivity index (χ1n) is 12.5. The normalized spacial score (nSPS) is 19.6. The molecule has 0 bridgehead atoms. The van der Waals surface area contributed by atoms with Crippen LogP contribution in [0.4, 0.5) is 10.3 Å². The first kappa shape index (κ1) is 29.7. The summed E-state index contributed by atoms with van der Waals surface area (Å²) in [7, 11) is -2.23. The number of hydrogen-bond donors (Lipinski definition) is 0. The summed E-state index contributed by atoms with van der Waals surface area (Å²) < 4.78 is 56.3. The summed E-state index contributed by atoms with van der Waals surface area (Å²) in [6.45, 7) is 9.51. The van der Waals surface area contributed by atoms with Crippen LogP contribution in [-0.2, 0) is 29.0 Å². The minimum Gasteiger partial charge on any atom is -0.466 e. The lowest BCUT2D eigenvalue weighted by Crippen LogP contribution is -2.44. The minimum atomic E-state index is -3.62. The highest BCUT2D eigenvalue weighted by Gasteiger charge is 2.36. The summed E-state index contributed by atoms with van der Waals surface area (Å²) in [4.78, 5) is 21.2. The molecule has 1 aromatic heterocycles. The Kier molecular flexibility index (Phi) is 9.27. The van der Waals surface area contributed by atoms with Gasteiger partial charge in [0.05, 0.1) is 42.9 Å². The molecule has 0 N–H and O–H groups in total. The van der Waals surface area contributed by atoms with Crippen molar-refractivity contribution < 1.29 is 31.8 Å². The summed E-state index contributed by atoms with van der Waals surface area (Å²) in [6.07, 6.45) is 4.53. The third kappa shape index (κ3) is 7.58. The Bertz CT molecular complexity index is 1280. The van der Waals surface area contributed by atoms with E-state index in [4.69, 9.17) is 14.2 Å². The number of nitrogens with zero attached hydrogens (tertiary/aromatic N) is 3. The smallest absolute Gasteiger partial charge is 0.308 e. The zero-order chi connectivity index (χ0) is 28.3. The third-order valence-corrected chi connectivity index (χ3v) is 7.12. The topological polar surface area (TPSA) is 108 Å². The average molecular weight is 550 g/mol. The van der Waals surface area contributed by atoms with Crippen LogP contribution in [0.3, 0.4) is 0 Å². The second kappa shape index (κ2) is 11.9. The number of esters is 1. The Hall–Kier alpha value is -2.89. The standard InChI is InChI=1S/C27H36FN3O6S/c1-8-35-23(32)16-21-15-20(36-27(4,5)37-21)13-14-22-24(17(2)3)29-26(31(6)38(7,33)34)30-25(22)18-9-11-19(28)12-10-18/h9-14,17,20-21H,8,15-16H2,1-7H3/t20-,21-/m1/s1. The molecule has 2 atom stereocenters. The van der Waals surface area contributed by atoms with E-state index in [1.807, 2.05) is 26.0 Å². The number of ether oxygens (including phenoxy) is 3. The molecule has 1 aromatic carbocycles. The van der Waals surface area contributed by atoms with Gasteiger partial charge in [0.2, 0.25) is 16.0 Å². The van der Waals surface area contributed by atoms with E-state index in [0.29, 0.717) is 35.5 Å². The molecule has 0 saturated carbocycles. The predicted molar refractivity (Wildman–Crippen MR) is 143 cm³/mol. The van der Waals surface area contributed by atoms with Gasteiger partial charge in [-0.25, -0.2) is 27.1 Å². The van der Waals surface area contributed by atoms with Crippen molar-refractivity contribution in [2.24, 2.45) is 0 Å². The van der Waals surface area contributed by atoms with Gasteiger partial charge in [-0.1, -0.05) is 26.0 Å². The zero-order valence-corrected chi connectivity index (χ0v) is 23.7. The number of benzene rings is 1. The number of anilines is 1. The van der Waals surface area contributed by atoms with Gasteiger partial charge >= 0.3 is 5.97 Å². The van der Waals surface area contributed by atoms with Gasteiger partial charge < -0.3 is 14.2 Å². The van der Waals surface area contributed by atoms with Crippen LogP contribution in [0.2, 0.25) is 0 Å². The minimum absolute atomic E-state index is 0.0191. The second-order valence-corrected chi connectivity index (χ2v) is 12.0. The van der Waals surface area contributed by atoms with Crippen molar-refractivity contribution >= 4 is 28.0 Å². The Labute approximate surface area is 224 Å². The molecule has 0 unspecified atom stereocenters. The van der Waals surface area contributed by atoms with Crippen LogP contribution in [0, 0.1) is 5.82 Å². The summed E-state index contributed by atoms with van der Waals surface area (Å²) >= 11 is 0. The van der Waals surface area contributed by atoms with Crippen LogP contribution >= 0.6 is 0 Å². The lowest BCUT2D eigenvalue weighted by atomic mass is 9.97.